The largest absolute Gasteiger partial charge is 0.490 e. The predicted octanol–water partition coefficient (Wildman–Crippen LogP) is 2.73. The molecule has 10 heteroatoms. The molecule has 3 heterocycles. The Kier molecular flexibility index (Phi) is 7.11. The molecule has 0 spiro atoms. The van der Waals surface area contributed by atoms with Crippen LogP contribution in [0.5, 0.6) is 5.75 Å². The number of hydrogen-bond donors (Lipinski definition) is 2. The molecule has 3 atom stereocenters. The summed E-state index contributed by atoms with van der Waals surface area (Å²) in [6.07, 6.45) is 2.70. The lowest BCUT2D eigenvalue weighted by Gasteiger charge is -2.42. The number of carbonyl (C=O) groups is 3. The molecule has 0 bridgehead atoms. The highest BCUT2D eigenvalue weighted by Gasteiger charge is 2.39. The van der Waals surface area contributed by atoms with Crippen molar-refractivity contribution in [3.63, 3.8) is 0 Å². The molecule has 4 rings (SSSR count). The third-order valence-electron chi connectivity index (χ3n) is 6.50. The van der Waals surface area contributed by atoms with Crippen LogP contribution in [0.2, 0.25) is 0 Å². The molecule has 1 saturated heterocycles. The number of amides is 3. The topological polar surface area (TPSA) is 115 Å². The Balaban J connectivity index is 1.43. The maximum absolute atomic E-state index is 13.3. The molecule has 1 aromatic carbocycles. The maximum Gasteiger partial charge on any atom is 0.257 e. The molecule has 1 fully saturated rings. The van der Waals surface area contributed by atoms with Gasteiger partial charge in [0, 0.05) is 31.9 Å². The Labute approximate surface area is 204 Å². The monoisotopic (exact) mass is 483 g/mol. The fourth-order valence-corrected chi connectivity index (χ4v) is 4.52. The highest BCUT2D eigenvalue weighted by atomic mass is 16.5. The highest BCUT2D eigenvalue weighted by molar-refractivity contribution is 6.00. The molecule has 0 saturated carbocycles. The number of benzene rings is 1. The standard InChI is InChI=1S/C25H33N5O5/c1-14(2)24(32)26-16-6-9-21-18(10-16)25(33)30(5)20-8-7-17(35-22(20)13-34-21)11-23(31)27-19-12-29(4)28-15(19)3/h6,9-10,12,14,17,20,22H,7-8,11,13H2,1-5H3,(H,26,32)(H,27,31)/t17-,20+,22+/m1/s1. The van der Waals surface area contributed by atoms with Crippen molar-refractivity contribution in [3.8, 4) is 5.75 Å². The number of fused-ring (bicyclic) bond motifs is 2. The number of nitrogens with zero attached hydrogens (tertiary/aromatic N) is 3. The van der Waals surface area contributed by atoms with E-state index >= 15 is 0 Å². The van der Waals surface area contributed by atoms with Gasteiger partial charge < -0.3 is 25.0 Å². The van der Waals surface area contributed by atoms with E-state index in [1.807, 2.05) is 20.8 Å². The normalized spacial score (nSPS) is 21.9. The molecule has 0 aliphatic carbocycles. The number of rotatable bonds is 5. The second-order valence-corrected chi connectivity index (χ2v) is 9.58. The molecule has 1 aromatic heterocycles. The lowest BCUT2D eigenvalue weighted by Crippen LogP contribution is -2.53. The van der Waals surface area contributed by atoms with Crippen LogP contribution in [0.4, 0.5) is 11.4 Å². The molecule has 0 unspecified atom stereocenters. The fourth-order valence-electron chi connectivity index (χ4n) is 4.52. The number of anilines is 2. The van der Waals surface area contributed by atoms with Gasteiger partial charge in [0.15, 0.2) is 0 Å². The van der Waals surface area contributed by atoms with Crippen molar-refractivity contribution in [1.29, 1.82) is 0 Å². The van der Waals surface area contributed by atoms with Crippen LogP contribution in [0.15, 0.2) is 24.4 Å². The summed E-state index contributed by atoms with van der Waals surface area (Å²) in [6, 6.07) is 4.90. The van der Waals surface area contributed by atoms with Gasteiger partial charge in [-0.1, -0.05) is 13.8 Å². The van der Waals surface area contributed by atoms with Gasteiger partial charge in [-0.15, -0.1) is 0 Å². The number of nitrogens with one attached hydrogen (secondary N) is 2. The average Bonchev–Trinajstić information content (AvgIpc) is 3.12. The van der Waals surface area contributed by atoms with Gasteiger partial charge in [0.1, 0.15) is 18.5 Å². The van der Waals surface area contributed by atoms with Crippen molar-refractivity contribution < 1.29 is 23.9 Å². The molecule has 0 radical (unpaired) electrons. The van der Waals surface area contributed by atoms with Gasteiger partial charge in [-0.05, 0) is 38.0 Å². The molecular formula is C25H33N5O5. The van der Waals surface area contributed by atoms with Crippen molar-refractivity contribution in [2.24, 2.45) is 13.0 Å². The number of ether oxygens (including phenoxy) is 2. The Morgan fingerprint density at radius 3 is 2.66 bits per heavy atom. The summed E-state index contributed by atoms with van der Waals surface area (Å²) in [4.78, 5) is 39.7. The van der Waals surface area contributed by atoms with E-state index in [2.05, 4.69) is 15.7 Å². The minimum atomic E-state index is -0.357. The summed E-state index contributed by atoms with van der Waals surface area (Å²) >= 11 is 0. The number of hydrogen-bond acceptors (Lipinski definition) is 6. The summed E-state index contributed by atoms with van der Waals surface area (Å²) in [7, 11) is 3.57. The van der Waals surface area contributed by atoms with E-state index in [1.165, 1.54) is 0 Å². The Morgan fingerprint density at radius 2 is 1.97 bits per heavy atom. The highest BCUT2D eigenvalue weighted by Crippen LogP contribution is 2.32. The van der Waals surface area contributed by atoms with Crippen LogP contribution in [0, 0.1) is 12.8 Å². The quantitative estimate of drug-likeness (QED) is 0.676. The van der Waals surface area contributed by atoms with Gasteiger partial charge in [0.25, 0.3) is 5.91 Å². The summed E-state index contributed by atoms with van der Waals surface area (Å²) in [5.74, 6) is -0.176. The van der Waals surface area contributed by atoms with Crippen molar-refractivity contribution in [2.45, 2.75) is 58.3 Å². The van der Waals surface area contributed by atoms with Gasteiger partial charge in [-0.3, -0.25) is 19.1 Å². The summed E-state index contributed by atoms with van der Waals surface area (Å²) < 4.78 is 13.9. The van der Waals surface area contributed by atoms with Crippen molar-refractivity contribution in [1.82, 2.24) is 14.7 Å². The molecule has 35 heavy (non-hydrogen) atoms. The summed E-state index contributed by atoms with van der Waals surface area (Å²) in [5.41, 5.74) is 2.40. The van der Waals surface area contributed by atoms with Gasteiger partial charge >= 0.3 is 0 Å². The first-order chi connectivity index (χ1) is 16.6. The van der Waals surface area contributed by atoms with E-state index in [9.17, 15) is 14.4 Å². The second kappa shape index (κ2) is 10.1. The van der Waals surface area contributed by atoms with E-state index < -0.39 is 0 Å². The fraction of sp³-hybridized carbons (Fsp3) is 0.520. The number of aryl methyl sites for hydroxylation is 2. The zero-order valence-electron chi connectivity index (χ0n) is 20.8. The third kappa shape index (κ3) is 5.48. The van der Waals surface area contributed by atoms with Gasteiger partial charge in [-0.2, -0.15) is 5.10 Å². The molecule has 2 aromatic rings. The van der Waals surface area contributed by atoms with E-state index in [-0.39, 0.29) is 54.9 Å². The van der Waals surface area contributed by atoms with Crippen molar-refractivity contribution in [2.75, 3.05) is 24.3 Å². The van der Waals surface area contributed by atoms with E-state index in [0.717, 1.165) is 5.69 Å². The van der Waals surface area contributed by atoms with Crippen LogP contribution >= 0.6 is 0 Å². The number of likely N-dealkylation sites (N-methyl/N-ethyl adjacent to an activating group) is 1. The van der Waals surface area contributed by atoms with E-state index in [1.54, 1.807) is 48.1 Å². The average molecular weight is 484 g/mol. The van der Waals surface area contributed by atoms with Crippen molar-refractivity contribution in [3.05, 3.63) is 35.7 Å². The van der Waals surface area contributed by atoms with Crippen LogP contribution in [-0.4, -0.2) is 64.3 Å². The SMILES string of the molecule is Cc1nn(C)cc1NC(=O)C[C@H]1CC[C@H]2[C@H](COc3ccc(NC(=O)C(C)C)cc3C(=O)N2C)O1. The molecule has 2 N–H and O–H groups in total. The van der Waals surface area contributed by atoms with Crippen LogP contribution in [0.1, 0.15) is 49.2 Å². The molecular weight excluding hydrogens is 450 g/mol. The first-order valence-electron chi connectivity index (χ1n) is 11.9. The molecule has 2 aliphatic heterocycles. The Bertz CT molecular complexity index is 1130. The van der Waals surface area contributed by atoms with Crippen LogP contribution in [0.3, 0.4) is 0 Å². The molecule has 2 aliphatic rings. The third-order valence-corrected chi connectivity index (χ3v) is 6.50. The predicted molar refractivity (Wildman–Crippen MR) is 130 cm³/mol. The maximum atomic E-state index is 13.3. The number of aromatic nitrogens is 2. The van der Waals surface area contributed by atoms with E-state index in [4.69, 9.17) is 9.47 Å². The van der Waals surface area contributed by atoms with Crippen LogP contribution < -0.4 is 15.4 Å². The first kappa shape index (κ1) is 24.7. The van der Waals surface area contributed by atoms with Gasteiger partial charge in [0.2, 0.25) is 11.8 Å². The summed E-state index contributed by atoms with van der Waals surface area (Å²) in [5, 5.41) is 9.97. The first-order valence-corrected chi connectivity index (χ1v) is 11.9. The van der Waals surface area contributed by atoms with Crippen LogP contribution in [0.25, 0.3) is 0 Å². The van der Waals surface area contributed by atoms with Gasteiger partial charge in [0.05, 0.1) is 35.5 Å². The Morgan fingerprint density at radius 1 is 1.20 bits per heavy atom. The van der Waals surface area contributed by atoms with Gasteiger partial charge in [-0.25, -0.2) is 0 Å². The lowest BCUT2D eigenvalue weighted by molar-refractivity contribution is -0.130. The summed E-state index contributed by atoms with van der Waals surface area (Å²) in [6.45, 7) is 5.72. The zero-order chi connectivity index (χ0) is 25.3. The minimum Gasteiger partial charge on any atom is -0.490 e. The lowest BCUT2D eigenvalue weighted by atomic mass is 9.94. The van der Waals surface area contributed by atoms with E-state index in [0.29, 0.717) is 35.5 Å². The number of carbonyl (C=O) groups excluding carboxylic acids is 3. The molecule has 188 valence electrons. The minimum absolute atomic E-state index is 0.118. The van der Waals surface area contributed by atoms with Crippen LogP contribution in [-0.2, 0) is 21.4 Å². The smallest absolute Gasteiger partial charge is 0.257 e. The molecule has 10 nitrogen and oxygen atoms in total. The van der Waals surface area contributed by atoms with Crippen molar-refractivity contribution >= 4 is 29.1 Å². The zero-order valence-corrected chi connectivity index (χ0v) is 20.8. The molecule has 3 amide bonds. The second-order valence-electron chi connectivity index (χ2n) is 9.58. The Hall–Kier alpha value is -3.40.